The molecule has 17 nitrogen and oxygen atoms in total. The lowest BCUT2D eigenvalue weighted by Crippen LogP contribution is -2.30. The van der Waals surface area contributed by atoms with Crippen LogP contribution < -0.4 is 0 Å². The normalized spacial score (nSPS) is 13.9. The molecule has 0 heterocycles. The molecule has 5 atom stereocenters. The van der Waals surface area contributed by atoms with Crippen LogP contribution in [0.25, 0.3) is 0 Å². The summed E-state index contributed by atoms with van der Waals surface area (Å²) in [5.74, 6) is -1.32. The Morgan fingerprint density at radius 2 is 0.474 bits per heavy atom. The standard InChI is InChI=1S/C78H152O17P2/c1-6-9-12-15-18-21-24-25-26-27-28-29-30-31-32-35-39-44-49-54-59-64-78(83)95-74(68-89-76(81)62-57-52-47-43-38-36-33-34-37-40-45-50-55-60-71(4)5)70-93-97(86,87)91-66-72(79)65-90-96(84,85)92-69-73(94-77(82)63-58-53-48-42-23-20-17-14-11-8-3)67-88-75(80)61-56-51-46-41-22-19-16-13-10-7-2/h71-74,79H,6-70H2,1-5H3,(H,84,85)(H,86,87)/t72-,73+,74+/m0/s1. The van der Waals surface area contributed by atoms with E-state index in [1.54, 1.807) is 0 Å². The lowest BCUT2D eigenvalue weighted by molar-refractivity contribution is -0.161. The largest absolute Gasteiger partial charge is 0.472 e. The summed E-state index contributed by atoms with van der Waals surface area (Å²) < 4.78 is 68.5. The fourth-order valence-electron chi connectivity index (χ4n) is 12.1. The van der Waals surface area contributed by atoms with Crippen LogP contribution in [0.1, 0.15) is 413 Å². The van der Waals surface area contributed by atoms with Crippen LogP contribution >= 0.6 is 15.6 Å². The average Bonchev–Trinajstić information content (AvgIpc) is 1.18. The minimum absolute atomic E-state index is 0.107. The number of hydrogen-bond donors (Lipinski definition) is 3. The van der Waals surface area contributed by atoms with Crippen molar-refractivity contribution in [2.45, 2.75) is 432 Å². The third-order valence-corrected chi connectivity index (χ3v) is 20.2. The van der Waals surface area contributed by atoms with Crippen LogP contribution in [0.4, 0.5) is 0 Å². The zero-order valence-corrected chi connectivity index (χ0v) is 65.0. The molecule has 0 rings (SSSR count). The number of esters is 4. The van der Waals surface area contributed by atoms with Crippen molar-refractivity contribution in [3.63, 3.8) is 0 Å². The van der Waals surface area contributed by atoms with E-state index >= 15 is 0 Å². The highest BCUT2D eigenvalue weighted by atomic mass is 31.2. The van der Waals surface area contributed by atoms with Crippen LogP contribution in [0.5, 0.6) is 0 Å². The minimum atomic E-state index is -4.96. The maximum absolute atomic E-state index is 13.1. The molecule has 0 aliphatic rings. The fraction of sp³-hybridized carbons (Fsp3) is 0.949. The Labute approximate surface area is 594 Å². The van der Waals surface area contributed by atoms with Crippen molar-refractivity contribution in [2.24, 2.45) is 5.92 Å². The second-order valence-corrected chi connectivity index (χ2v) is 31.5. The van der Waals surface area contributed by atoms with Crippen molar-refractivity contribution < 1.29 is 80.2 Å². The highest BCUT2D eigenvalue weighted by Gasteiger charge is 2.30. The summed E-state index contributed by atoms with van der Waals surface area (Å²) in [7, 11) is -9.91. The van der Waals surface area contributed by atoms with Crippen molar-refractivity contribution >= 4 is 39.5 Å². The molecule has 19 heteroatoms. The monoisotopic (exact) mass is 1420 g/mol. The molecule has 0 radical (unpaired) electrons. The van der Waals surface area contributed by atoms with Gasteiger partial charge in [0.15, 0.2) is 12.2 Å². The average molecular weight is 1420 g/mol. The van der Waals surface area contributed by atoms with Gasteiger partial charge >= 0.3 is 39.5 Å². The molecule has 0 aliphatic heterocycles. The first kappa shape index (κ1) is 95.1. The summed E-state index contributed by atoms with van der Waals surface area (Å²) in [6.45, 7) is 7.30. The Balaban J connectivity index is 5.19. The Bertz CT molecular complexity index is 1860. The van der Waals surface area contributed by atoms with Gasteiger partial charge < -0.3 is 33.8 Å². The molecule has 0 aliphatic carbocycles. The van der Waals surface area contributed by atoms with Gasteiger partial charge in [-0.2, -0.15) is 0 Å². The van der Waals surface area contributed by atoms with Gasteiger partial charge in [-0.25, -0.2) is 9.13 Å². The summed E-state index contributed by atoms with van der Waals surface area (Å²) in [5, 5.41) is 10.6. The number of phosphoric ester groups is 2. The smallest absolute Gasteiger partial charge is 0.462 e. The van der Waals surface area contributed by atoms with Crippen molar-refractivity contribution in [1.82, 2.24) is 0 Å². The van der Waals surface area contributed by atoms with Gasteiger partial charge in [0.25, 0.3) is 0 Å². The molecular weight excluding hydrogens is 1270 g/mol. The number of carbonyl (C=O) groups excluding carboxylic acids is 4. The van der Waals surface area contributed by atoms with E-state index in [2.05, 4.69) is 34.6 Å². The highest BCUT2D eigenvalue weighted by molar-refractivity contribution is 7.47. The molecule has 576 valence electrons. The molecular formula is C78H152O17P2. The molecule has 0 aromatic heterocycles. The number of carbonyl (C=O) groups is 4. The number of unbranched alkanes of at least 4 members (excludes halogenated alkanes) is 50. The molecule has 2 unspecified atom stereocenters. The van der Waals surface area contributed by atoms with Crippen LogP contribution in [-0.2, 0) is 65.4 Å². The molecule has 0 amide bonds. The Morgan fingerprint density at radius 1 is 0.278 bits per heavy atom. The number of aliphatic hydroxyl groups is 1. The van der Waals surface area contributed by atoms with Crippen LogP contribution in [-0.4, -0.2) is 96.7 Å². The second kappa shape index (κ2) is 71.1. The van der Waals surface area contributed by atoms with Gasteiger partial charge in [0.05, 0.1) is 26.4 Å². The maximum Gasteiger partial charge on any atom is 0.472 e. The van der Waals surface area contributed by atoms with Crippen molar-refractivity contribution in [3.8, 4) is 0 Å². The molecule has 0 aromatic rings. The number of phosphoric acid groups is 2. The van der Waals surface area contributed by atoms with Crippen LogP contribution in [0.3, 0.4) is 0 Å². The summed E-state index contributed by atoms with van der Waals surface area (Å²) in [5.41, 5.74) is 0. The number of ether oxygens (including phenoxy) is 4. The van der Waals surface area contributed by atoms with Crippen molar-refractivity contribution in [3.05, 3.63) is 0 Å². The molecule has 97 heavy (non-hydrogen) atoms. The lowest BCUT2D eigenvalue weighted by atomic mass is 10.0. The van der Waals surface area contributed by atoms with Crippen LogP contribution in [0.15, 0.2) is 0 Å². The molecule has 0 saturated heterocycles. The molecule has 0 saturated carbocycles. The minimum Gasteiger partial charge on any atom is -0.462 e. The van der Waals surface area contributed by atoms with Crippen molar-refractivity contribution in [1.29, 1.82) is 0 Å². The Hall–Kier alpha value is -1.94. The number of aliphatic hydroxyl groups excluding tert-OH is 1. The van der Waals surface area contributed by atoms with E-state index in [4.69, 9.17) is 37.0 Å². The highest BCUT2D eigenvalue weighted by Crippen LogP contribution is 2.45. The third-order valence-electron chi connectivity index (χ3n) is 18.3. The van der Waals surface area contributed by atoms with E-state index in [9.17, 15) is 43.2 Å². The van der Waals surface area contributed by atoms with Gasteiger partial charge in [0.2, 0.25) is 0 Å². The number of rotatable bonds is 78. The van der Waals surface area contributed by atoms with E-state index in [0.29, 0.717) is 25.7 Å². The first-order valence-corrected chi connectivity index (χ1v) is 43.6. The van der Waals surface area contributed by atoms with Gasteiger partial charge in [0, 0.05) is 25.7 Å². The van der Waals surface area contributed by atoms with E-state index < -0.39 is 97.5 Å². The SMILES string of the molecule is CCCCCCCCCCCCCCCCCCCCCCCC(=O)O[C@H](COC(=O)CCCCCCCCCCCCCCCC(C)C)COP(=O)(O)OC[C@@H](O)COP(=O)(O)OC[C@@H](COC(=O)CCCCCCCCCCCC)OC(=O)CCCCCCCCCCCC. The molecule has 0 spiro atoms. The zero-order chi connectivity index (χ0) is 71.2. The fourth-order valence-corrected chi connectivity index (χ4v) is 13.6. The Kier molecular flexibility index (Phi) is 69.6. The van der Waals surface area contributed by atoms with Crippen LogP contribution in [0.2, 0.25) is 0 Å². The summed E-state index contributed by atoms with van der Waals surface area (Å²) in [6.07, 6.45) is 61.1. The maximum atomic E-state index is 13.1. The van der Waals surface area contributed by atoms with Crippen molar-refractivity contribution in [2.75, 3.05) is 39.6 Å². The van der Waals surface area contributed by atoms with Gasteiger partial charge in [0.1, 0.15) is 19.3 Å². The first-order valence-electron chi connectivity index (χ1n) is 40.6. The van der Waals surface area contributed by atoms with Gasteiger partial charge in [-0.05, 0) is 31.6 Å². The van der Waals surface area contributed by atoms with Gasteiger partial charge in [-0.15, -0.1) is 0 Å². The predicted octanol–water partition coefficient (Wildman–Crippen LogP) is 23.3. The molecule has 0 bridgehead atoms. The zero-order valence-electron chi connectivity index (χ0n) is 63.2. The third kappa shape index (κ3) is 72.2. The Morgan fingerprint density at radius 3 is 0.701 bits per heavy atom. The predicted molar refractivity (Wildman–Crippen MR) is 395 cm³/mol. The molecule has 3 N–H and O–H groups in total. The van der Waals surface area contributed by atoms with Crippen LogP contribution in [0, 0.1) is 5.92 Å². The first-order chi connectivity index (χ1) is 47.0. The quantitative estimate of drug-likeness (QED) is 0.0222. The van der Waals surface area contributed by atoms with E-state index in [-0.39, 0.29) is 25.7 Å². The summed E-state index contributed by atoms with van der Waals surface area (Å²) in [6, 6.07) is 0. The summed E-state index contributed by atoms with van der Waals surface area (Å²) in [4.78, 5) is 72.8. The number of hydrogen-bond acceptors (Lipinski definition) is 15. The summed E-state index contributed by atoms with van der Waals surface area (Å²) >= 11 is 0. The molecule has 0 fully saturated rings. The topological polar surface area (TPSA) is 237 Å². The lowest BCUT2D eigenvalue weighted by Gasteiger charge is -2.21. The van der Waals surface area contributed by atoms with E-state index in [0.717, 1.165) is 95.8 Å². The van der Waals surface area contributed by atoms with Gasteiger partial charge in [-0.3, -0.25) is 37.3 Å². The second-order valence-electron chi connectivity index (χ2n) is 28.6. The van der Waals surface area contributed by atoms with E-state index in [1.807, 2.05) is 0 Å². The molecule has 0 aromatic carbocycles. The van der Waals surface area contributed by atoms with Gasteiger partial charge in [-0.1, -0.05) is 362 Å². The van der Waals surface area contributed by atoms with E-state index in [1.165, 1.54) is 238 Å².